The van der Waals surface area contributed by atoms with Crippen LogP contribution in [0.2, 0.25) is 0 Å². The van der Waals surface area contributed by atoms with Crippen LogP contribution in [0.25, 0.3) is 77.6 Å². The number of aryl methyl sites for hydroxylation is 2. The lowest BCUT2D eigenvalue weighted by molar-refractivity contribution is 0.742. The molecule has 0 saturated carbocycles. The lowest BCUT2D eigenvalue weighted by atomic mass is 9.33. The number of rotatable bonds is 4. The first-order valence-corrected chi connectivity index (χ1v) is 22.6. The monoisotopic (exact) mass is 792 g/mol. The highest BCUT2D eigenvalue weighted by Gasteiger charge is 2.54. The first-order chi connectivity index (χ1) is 30.3. The molecule has 0 N–H and O–H groups in total. The van der Waals surface area contributed by atoms with Crippen LogP contribution < -0.4 is 16.4 Å². The van der Waals surface area contributed by atoms with Gasteiger partial charge in [0, 0.05) is 44.1 Å². The second kappa shape index (κ2) is 11.7. The van der Waals surface area contributed by atoms with Crippen molar-refractivity contribution < 1.29 is 0 Å². The van der Waals surface area contributed by atoms with Crippen molar-refractivity contribution in [2.45, 2.75) is 58.8 Å². The smallest absolute Gasteiger partial charge is 0.252 e. The summed E-state index contributed by atoms with van der Waals surface area (Å²) in [6.07, 6.45) is 0. The number of para-hydroxylation sites is 1. The van der Waals surface area contributed by atoms with Crippen molar-refractivity contribution in [1.29, 1.82) is 0 Å². The molecule has 0 atom stereocenters. The number of benzene rings is 8. The van der Waals surface area contributed by atoms with E-state index in [1.807, 2.05) is 0 Å². The zero-order chi connectivity index (χ0) is 41.5. The van der Waals surface area contributed by atoms with E-state index >= 15 is 0 Å². The molecular formula is C59H45BN2. The lowest BCUT2D eigenvalue weighted by Gasteiger charge is -2.44. The fraction of sp³-hybridized carbons (Fsp3) is 0.153. The maximum absolute atomic E-state index is 2.76. The minimum absolute atomic E-state index is 0.0508. The summed E-state index contributed by atoms with van der Waals surface area (Å²) in [4.78, 5) is 0. The minimum atomic E-state index is -0.510. The highest BCUT2D eigenvalue weighted by atomic mass is 15.1. The van der Waals surface area contributed by atoms with Gasteiger partial charge in [0.05, 0.1) is 16.6 Å². The molecule has 8 aromatic carbocycles. The van der Waals surface area contributed by atoms with Gasteiger partial charge in [-0.15, -0.1) is 0 Å². The van der Waals surface area contributed by atoms with E-state index in [9.17, 15) is 0 Å². The second-order valence-corrected chi connectivity index (χ2v) is 19.3. The summed E-state index contributed by atoms with van der Waals surface area (Å²) >= 11 is 0. The maximum atomic E-state index is 2.76. The molecule has 5 heterocycles. The van der Waals surface area contributed by atoms with E-state index in [1.54, 1.807) is 0 Å². The summed E-state index contributed by atoms with van der Waals surface area (Å²) < 4.78 is 5.43. The first-order valence-electron chi connectivity index (χ1n) is 22.6. The largest absolute Gasteiger partial charge is 0.310 e. The molecule has 1 spiro atoms. The van der Waals surface area contributed by atoms with Gasteiger partial charge in [0.15, 0.2) is 0 Å². The van der Waals surface area contributed by atoms with E-state index < -0.39 is 5.41 Å². The zero-order valence-electron chi connectivity index (χ0n) is 36.1. The first kappa shape index (κ1) is 34.8. The Morgan fingerprint density at radius 3 is 1.74 bits per heavy atom. The Labute approximate surface area is 363 Å². The average Bonchev–Trinajstić information content (AvgIpc) is 3.91. The van der Waals surface area contributed by atoms with Crippen LogP contribution in [0.15, 0.2) is 152 Å². The van der Waals surface area contributed by atoms with Gasteiger partial charge in [-0.2, -0.15) is 0 Å². The van der Waals surface area contributed by atoms with E-state index in [4.69, 9.17) is 0 Å². The Morgan fingerprint density at radius 2 is 1.08 bits per heavy atom. The van der Waals surface area contributed by atoms with Gasteiger partial charge in [0.2, 0.25) is 0 Å². The number of aromatic nitrogens is 2. The van der Waals surface area contributed by atoms with Gasteiger partial charge in [0.1, 0.15) is 0 Å². The quantitative estimate of drug-likeness (QED) is 0.157. The van der Waals surface area contributed by atoms with Gasteiger partial charge in [-0.25, -0.2) is 0 Å². The molecule has 0 amide bonds. The molecule has 0 radical (unpaired) electrons. The molecule has 10 aromatic rings. The van der Waals surface area contributed by atoms with Crippen LogP contribution in [0.5, 0.6) is 0 Å². The van der Waals surface area contributed by atoms with Crippen LogP contribution in [0.3, 0.4) is 0 Å². The number of hydrogen-bond donors (Lipinski definition) is 0. The predicted octanol–water partition coefficient (Wildman–Crippen LogP) is 12.7. The summed E-state index contributed by atoms with van der Waals surface area (Å²) in [7, 11) is 0. The molecule has 0 bridgehead atoms. The summed E-state index contributed by atoms with van der Waals surface area (Å²) in [6.45, 7) is 14.1. The molecule has 62 heavy (non-hydrogen) atoms. The van der Waals surface area contributed by atoms with Crippen molar-refractivity contribution >= 4 is 55.8 Å². The molecule has 3 aliphatic heterocycles. The Bertz CT molecular complexity index is 3600. The Kier molecular flexibility index (Phi) is 6.60. The third kappa shape index (κ3) is 4.00. The van der Waals surface area contributed by atoms with Crippen molar-refractivity contribution in [3.8, 4) is 44.9 Å². The molecule has 14 rings (SSSR count). The average molecular weight is 793 g/mol. The van der Waals surface area contributed by atoms with Crippen molar-refractivity contribution in [3.63, 3.8) is 0 Å². The van der Waals surface area contributed by atoms with E-state index in [2.05, 4.69) is 202 Å². The van der Waals surface area contributed by atoms with Gasteiger partial charge in [-0.3, -0.25) is 0 Å². The summed E-state index contributed by atoms with van der Waals surface area (Å²) in [6, 6.07) is 59.3. The molecular weight excluding hydrogens is 747 g/mol. The molecule has 294 valence electrons. The molecule has 2 aromatic heterocycles. The fourth-order valence-electron chi connectivity index (χ4n) is 12.7. The van der Waals surface area contributed by atoms with Crippen LogP contribution in [0, 0.1) is 13.8 Å². The Hall–Kier alpha value is -6.84. The number of fused-ring (bicyclic) bond motifs is 11. The van der Waals surface area contributed by atoms with Gasteiger partial charge < -0.3 is 9.13 Å². The van der Waals surface area contributed by atoms with Crippen molar-refractivity contribution in [2.75, 3.05) is 0 Å². The van der Waals surface area contributed by atoms with Gasteiger partial charge in [-0.1, -0.05) is 172 Å². The fourth-order valence-corrected chi connectivity index (χ4v) is 12.7. The highest BCUT2D eigenvalue weighted by Crippen LogP contribution is 2.62. The molecule has 0 fully saturated rings. The predicted molar refractivity (Wildman–Crippen MR) is 262 cm³/mol. The normalized spacial score (nSPS) is 14.4. The van der Waals surface area contributed by atoms with E-state index in [0.29, 0.717) is 11.8 Å². The Morgan fingerprint density at radius 1 is 0.468 bits per heavy atom. The van der Waals surface area contributed by atoms with Crippen molar-refractivity contribution in [2.24, 2.45) is 0 Å². The molecule has 0 unspecified atom stereocenters. The van der Waals surface area contributed by atoms with Crippen molar-refractivity contribution in [1.82, 2.24) is 9.13 Å². The van der Waals surface area contributed by atoms with Crippen molar-refractivity contribution in [3.05, 3.63) is 196 Å². The standard InChI is InChI=1S/C59H45BN2/c1-32(2)38-28-43-44-29-39(33(3)4)31-50-57(44)62-55(43)48(30-38)59(46-26-34(5)20-22-40(46)41-23-21-35(6)27-47(41)59)45-24-25-51-53(58(45)62)60(50)49-19-13-18-42-52(36-14-9-7-10-15-36)54(61(51)56(42)49)37-16-11-8-12-17-37/h7-33H,1-6H3. The number of nitrogens with zero attached hydrogens (tertiary/aromatic N) is 2. The molecule has 1 aliphatic carbocycles. The van der Waals surface area contributed by atoms with Crippen LogP contribution in [-0.2, 0) is 5.41 Å². The summed E-state index contributed by atoms with van der Waals surface area (Å²) in [5, 5.41) is 4.08. The zero-order valence-corrected chi connectivity index (χ0v) is 36.1. The molecule has 0 saturated heterocycles. The van der Waals surface area contributed by atoms with E-state index in [1.165, 1.54) is 138 Å². The van der Waals surface area contributed by atoms with E-state index in [0.717, 1.165) is 0 Å². The maximum Gasteiger partial charge on any atom is 0.252 e. The second-order valence-electron chi connectivity index (χ2n) is 19.3. The lowest BCUT2D eigenvalue weighted by Crippen LogP contribution is -2.60. The van der Waals surface area contributed by atoms with Gasteiger partial charge >= 0.3 is 0 Å². The topological polar surface area (TPSA) is 9.86 Å². The molecule has 2 nitrogen and oxygen atoms in total. The Balaban J connectivity index is 1.26. The SMILES string of the molecule is Cc1ccc2c(c1)C1(c3cc(C)ccc3-2)c2ccc3c4c2-n2c5c(cc(C(C)C)cc5c5cc(C(C)C)cc1c52)B4c1cccc2c(-c4ccccc4)c(-c4ccccc4)n-3c12. The third-order valence-electron chi connectivity index (χ3n) is 15.3. The third-order valence-corrected chi connectivity index (χ3v) is 15.3. The summed E-state index contributed by atoms with van der Waals surface area (Å²) in [5.74, 6) is 0.745. The van der Waals surface area contributed by atoms with Gasteiger partial charge in [-0.05, 0) is 116 Å². The van der Waals surface area contributed by atoms with Crippen LogP contribution >= 0.6 is 0 Å². The van der Waals surface area contributed by atoms with Crippen LogP contribution in [-0.4, -0.2) is 15.8 Å². The molecule has 3 heteroatoms. The minimum Gasteiger partial charge on any atom is -0.310 e. The van der Waals surface area contributed by atoms with Crippen LogP contribution in [0.1, 0.15) is 84.0 Å². The summed E-state index contributed by atoms with van der Waals surface area (Å²) in [5.41, 5.74) is 29.3. The molecule has 4 aliphatic rings. The highest BCUT2D eigenvalue weighted by molar-refractivity contribution is 7.00. The number of hydrogen-bond acceptors (Lipinski definition) is 0. The van der Waals surface area contributed by atoms with Crippen LogP contribution in [0.4, 0.5) is 0 Å². The van der Waals surface area contributed by atoms with E-state index in [-0.39, 0.29) is 6.71 Å². The van der Waals surface area contributed by atoms with Gasteiger partial charge in [0.25, 0.3) is 6.71 Å².